The summed E-state index contributed by atoms with van der Waals surface area (Å²) in [5.74, 6) is -0.423. The van der Waals surface area contributed by atoms with Gasteiger partial charge in [-0.1, -0.05) is 12.1 Å². The highest BCUT2D eigenvalue weighted by Crippen LogP contribution is 2.32. The highest BCUT2D eigenvalue weighted by Gasteiger charge is 2.28. The average Bonchev–Trinajstić information content (AvgIpc) is 3.17. The van der Waals surface area contributed by atoms with E-state index in [1.54, 1.807) is 34.1 Å². The molecular formula is C22H22N2O4. The molecule has 2 aliphatic heterocycles. The number of methoxy groups -OCH3 is 1. The lowest BCUT2D eigenvalue weighted by atomic mass is 9.95. The fourth-order valence-corrected chi connectivity index (χ4v) is 4.02. The zero-order valence-corrected chi connectivity index (χ0v) is 15.8. The Labute approximate surface area is 163 Å². The van der Waals surface area contributed by atoms with Crippen molar-refractivity contribution in [2.45, 2.75) is 25.7 Å². The largest absolute Gasteiger partial charge is 0.465 e. The van der Waals surface area contributed by atoms with E-state index in [4.69, 9.17) is 4.74 Å². The van der Waals surface area contributed by atoms with Gasteiger partial charge in [0.2, 0.25) is 5.91 Å². The molecule has 1 fully saturated rings. The number of anilines is 2. The van der Waals surface area contributed by atoms with Gasteiger partial charge < -0.3 is 14.5 Å². The van der Waals surface area contributed by atoms with E-state index in [0.717, 1.165) is 36.2 Å². The maximum atomic E-state index is 13.3. The van der Waals surface area contributed by atoms with Crippen LogP contribution in [0.4, 0.5) is 11.4 Å². The molecule has 0 spiro atoms. The van der Waals surface area contributed by atoms with Crippen LogP contribution in [-0.2, 0) is 16.0 Å². The Morgan fingerprint density at radius 2 is 1.79 bits per heavy atom. The number of esters is 1. The van der Waals surface area contributed by atoms with Gasteiger partial charge in [-0.3, -0.25) is 9.59 Å². The minimum Gasteiger partial charge on any atom is -0.465 e. The minimum absolute atomic E-state index is 0.0932. The molecule has 0 N–H and O–H groups in total. The first-order valence-electron chi connectivity index (χ1n) is 9.52. The van der Waals surface area contributed by atoms with Crippen LogP contribution < -0.4 is 9.80 Å². The molecule has 2 amide bonds. The lowest BCUT2D eigenvalue weighted by Gasteiger charge is -2.30. The van der Waals surface area contributed by atoms with Gasteiger partial charge in [-0.2, -0.15) is 0 Å². The summed E-state index contributed by atoms with van der Waals surface area (Å²) >= 11 is 0. The molecule has 28 heavy (non-hydrogen) atoms. The van der Waals surface area contributed by atoms with Crippen molar-refractivity contribution in [1.29, 1.82) is 0 Å². The van der Waals surface area contributed by atoms with Gasteiger partial charge in [-0.15, -0.1) is 0 Å². The molecule has 4 rings (SSSR count). The SMILES string of the molecule is COC(=O)c1cccc2c1CCCN2C(=O)c1cccc(N2CCCC2=O)c1. The third-order valence-electron chi connectivity index (χ3n) is 5.38. The zero-order chi connectivity index (χ0) is 19.7. The second kappa shape index (κ2) is 7.46. The number of hydrogen-bond donors (Lipinski definition) is 0. The summed E-state index contributed by atoms with van der Waals surface area (Å²) in [5.41, 5.74) is 3.40. The van der Waals surface area contributed by atoms with Crippen LogP contribution in [0.1, 0.15) is 45.5 Å². The fourth-order valence-electron chi connectivity index (χ4n) is 4.02. The third kappa shape index (κ3) is 3.15. The van der Waals surface area contributed by atoms with Crippen LogP contribution in [0.5, 0.6) is 0 Å². The van der Waals surface area contributed by atoms with E-state index in [0.29, 0.717) is 30.6 Å². The molecule has 1 saturated heterocycles. The van der Waals surface area contributed by atoms with Crippen LogP contribution in [0.25, 0.3) is 0 Å². The van der Waals surface area contributed by atoms with Crippen molar-refractivity contribution in [1.82, 2.24) is 0 Å². The van der Waals surface area contributed by atoms with Crippen molar-refractivity contribution in [3.05, 3.63) is 59.2 Å². The van der Waals surface area contributed by atoms with E-state index in [-0.39, 0.29) is 17.8 Å². The summed E-state index contributed by atoms with van der Waals surface area (Å²) in [5, 5.41) is 0. The second-order valence-electron chi connectivity index (χ2n) is 7.05. The topological polar surface area (TPSA) is 66.9 Å². The Balaban J connectivity index is 1.67. The zero-order valence-electron chi connectivity index (χ0n) is 15.8. The molecule has 0 radical (unpaired) electrons. The van der Waals surface area contributed by atoms with Crippen molar-refractivity contribution >= 4 is 29.2 Å². The van der Waals surface area contributed by atoms with Crippen molar-refractivity contribution in [3.8, 4) is 0 Å². The Morgan fingerprint density at radius 3 is 2.54 bits per heavy atom. The van der Waals surface area contributed by atoms with Crippen LogP contribution in [0.15, 0.2) is 42.5 Å². The first-order chi connectivity index (χ1) is 13.6. The molecule has 2 aliphatic rings. The third-order valence-corrected chi connectivity index (χ3v) is 5.38. The maximum Gasteiger partial charge on any atom is 0.338 e. The van der Waals surface area contributed by atoms with Crippen LogP contribution in [0.3, 0.4) is 0 Å². The summed E-state index contributed by atoms with van der Waals surface area (Å²) in [6.45, 7) is 1.27. The van der Waals surface area contributed by atoms with E-state index in [1.807, 2.05) is 18.2 Å². The van der Waals surface area contributed by atoms with Crippen molar-refractivity contribution in [2.75, 3.05) is 30.0 Å². The van der Waals surface area contributed by atoms with Gasteiger partial charge in [-0.25, -0.2) is 4.79 Å². The molecule has 0 aliphatic carbocycles. The molecule has 144 valence electrons. The number of carbonyl (C=O) groups is 3. The summed E-state index contributed by atoms with van der Waals surface area (Å²) in [6.07, 6.45) is 2.89. The lowest BCUT2D eigenvalue weighted by molar-refractivity contribution is -0.117. The van der Waals surface area contributed by atoms with E-state index in [1.165, 1.54) is 7.11 Å². The van der Waals surface area contributed by atoms with E-state index >= 15 is 0 Å². The van der Waals surface area contributed by atoms with Crippen molar-refractivity contribution < 1.29 is 19.1 Å². The van der Waals surface area contributed by atoms with Crippen molar-refractivity contribution in [2.24, 2.45) is 0 Å². The summed E-state index contributed by atoms with van der Waals surface area (Å²) in [6, 6.07) is 12.6. The smallest absolute Gasteiger partial charge is 0.338 e. The molecule has 2 aromatic rings. The number of hydrogen-bond acceptors (Lipinski definition) is 4. The Hall–Kier alpha value is -3.15. The maximum absolute atomic E-state index is 13.3. The number of fused-ring (bicyclic) bond motifs is 1. The molecule has 0 bridgehead atoms. The number of ether oxygens (including phenoxy) is 1. The number of nitrogens with zero attached hydrogens (tertiary/aromatic N) is 2. The van der Waals surface area contributed by atoms with Crippen molar-refractivity contribution in [3.63, 3.8) is 0 Å². The molecule has 6 nitrogen and oxygen atoms in total. The van der Waals surface area contributed by atoms with Gasteiger partial charge in [0.15, 0.2) is 0 Å². The van der Waals surface area contributed by atoms with Gasteiger partial charge in [-0.05, 0) is 55.2 Å². The van der Waals surface area contributed by atoms with E-state index in [9.17, 15) is 14.4 Å². The van der Waals surface area contributed by atoms with Crippen LogP contribution in [0.2, 0.25) is 0 Å². The highest BCUT2D eigenvalue weighted by molar-refractivity contribution is 6.08. The Morgan fingerprint density at radius 1 is 1.00 bits per heavy atom. The molecule has 0 unspecified atom stereocenters. The number of carbonyl (C=O) groups excluding carboxylic acids is 3. The molecular weight excluding hydrogens is 356 g/mol. The van der Waals surface area contributed by atoms with Crippen LogP contribution in [0, 0.1) is 0 Å². The predicted molar refractivity (Wildman–Crippen MR) is 106 cm³/mol. The quantitative estimate of drug-likeness (QED) is 0.770. The van der Waals surface area contributed by atoms with E-state index < -0.39 is 0 Å². The summed E-state index contributed by atoms with van der Waals surface area (Å²) in [7, 11) is 1.36. The minimum atomic E-state index is -0.388. The first-order valence-corrected chi connectivity index (χ1v) is 9.52. The highest BCUT2D eigenvalue weighted by atomic mass is 16.5. The van der Waals surface area contributed by atoms with Gasteiger partial charge in [0, 0.05) is 36.4 Å². The molecule has 0 aromatic heterocycles. The molecule has 2 heterocycles. The van der Waals surface area contributed by atoms with Gasteiger partial charge in [0.05, 0.1) is 12.7 Å². The normalized spacial score (nSPS) is 16.1. The first kappa shape index (κ1) is 18.2. The monoisotopic (exact) mass is 378 g/mol. The number of rotatable bonds is 3. The Kier molecular flexibility index (Phi) is 4.86. The summed E-state index contributed by atoms with van der Waals surface area (Å²) in [4.78, 5) is 40.8. The average molecular weight is 378 g/mol. The summed E-state index contributed by atoms with van der Waals surface area (Å²) < 4.78 is 4.89. The predicted octanol–water partition coefficient (Wildman–Crippen LogP) is 3.19. The van der Waals surface area contributed by atoms with E-state index in [2.05, 4.69) is 0 Å². The fraction of sp³-hybridized carbons (Fsp3) is 0.318. The van der Waals surface area contributed by atoms with Crippen LogP contribution in [-0.4, -0.2) is 38.0 Å². The Bertz CT molecular complexity index is 953. The van der Waals surface area contributed by atoms with Gasteiger partial charge in [0.25, 0.3) is 5.91 Å². The standard InChI is InChI=1S/C22H22N2O4/c1-28-22(27)18-8-3-10-19-17(18)9-4-13-24(19)21(26)15-6-2-7-16(14-15)23-12-5-11-20(23)25/h2-3,6-8,10,14H,4-5,9,11-13H2,1H3. The van der Waals surface area contributed by atoms with Crippen LogP contribution >= 0.6 is 0 Å². The van der Waals surface area contributed by atoms with Gasteiger partial charge in [0.1, 0.15) is 0 Å². The number of amides is 2. The molecule has 2 aromatic carbocycles. The molecule has 6 heteroatoms. The second-order valence-corrected chi connectivity index (χ2v) is 7.05. The van der Waals surface area contributed by atoms with Gasteiger partial charge >= 0.3 is 5.97 Å². The molecule has 0 atom stereocenters. The number of benzene rings is 2. The molecule has 0 saturated carbocycles. The lowest BCUT2D eigenvalue weighted by Crippen LogP contribution is -2.36.